The number of carbonyl (C=O) groups excluding carboxylic acids is 1. The van der Waals surface area contributed by atoms with Gasteiger partial charge in [0.2, 0.25) is 0 Å². The van der Waals surface area contributed by atoms with Gasteiger partial charge in [-0.25, -0.2) is 0 Å². The zero-order valence-electron chi connectivity index (χ0n) is 15.0. The quantitative estimate of drug-likeness (QED) is 0.847. The molecule has 6 nitrogen and oxygen atoms in total. The summed E-state index contributed by atoms with van der Waals surface area (Å²) in [6, 6.07) is 13.6. The van der Waals surface area contributed by atoms with E-state index in [1.807, 2.05) is 6.07 Å². The highest BCUT2D eigenvalue weighted by Crippen LogP contribution is 2.32. The average molecular weight is 352 g/mol. The van der Waals surface area contributed by atoms with Crippen molar-refractivity contribution in [3.05, 3.63) is 53.1 Å². The van der Waals surface area contributed by atoms with Gasteiger partial charge in [0.15, 0.2) is 18.0 Å². The Morgan fingerprint density at radius 2 is 1.88 bits per heavy atom. The highest BCUT2D eigenvalue weighted by atomic mass is 16.5. The molecular weight excluding hydrogens is 330 g/mol. The van der Waals surface area contributed by atoms with E-state index in [1.165, 1.54) is 30.2 Å². The highest BCUT2D eigenvalue weighted by Gasteiger charge is 2.22. The van der Waals surface area contributed by atoms with Crippen molar-refractivity contribution in [1.29, 1.82) is 5.26 Å². The number of carbonyl (C=O) groups is 1. The highest BCUT2D eigenvalue weighted by molar-refractivity contribution is 5.93. The molecule has 26 heavy (non-hydrogen) atoms. The maximum atomic E-state index is 12.5. The molecule has 2 aromatic carbocycles. The number of methoxy groups -OCH3 is 2. The van der Waals surface area contributed by atoms with Gasteiger partial charge in [-0.3, -0.25) is 4.79 Å². The molecule has 0 aromatic heterocycles. The molecule has 1 amide bonds. The number of amides is 1. The molecule has 0 saturated heterocycles. The number of hydrogen-bond acceptors (Lipinski definition) is 4. The van der Waals surface area contributed by atoms with Crippen LogP contribution in [-0.4, -0.2) is 33.2 Å². The van der Waals surface area contributed by atoms with Crippen molar-refractivity contribution in [3.63, 3.8) is 0 Å². The van der Waals surface area contributed by atoms with Gasteiger partial charge >= 0.3 is 0 Å². The monoisotopic (exact) mass is 352 g/mol. The van der Waals surface area contributed by atoms with Gasteiger partial charge < -0.3 is 19.7 Å². The number of nitrogens with one attached hydrogen (secondary N) is 2. The molecule has 2 aromatic rings. The van der Waals surface area contributed by atoms with Crippen LogP contribution in [0.2, 0.25) is 0 Å². The third-order valence-corrected chi connectivity index (χ3v) is 4.64. The number of anilines is 1. The smallest absolute Gasteiger partial charge is 0.279 e. The van der Waals surface area contributed by atoms with Crippen molar-refractivity contribution in [1.82, 2.24) is 0 Å². The van der Waals surface area contributed by atoms with Gasteiger partial charge in [0.25, 0.3) is 5.91 Å². The summed E-state index contributed by atoms with van der Waals surface area (Å²) in [6.07, 6.45) is 0.971. The molecule has 0 spiro atoms. The molecule has 3 rings (SSSR count). The molecule has 1 unspecified atom stereocenters. The summed E-state index contributed by atoms with van der Waals surface area (Å²) >= 11 is 0. The number of nitrogens with zero attached hydrogens (tertiary/aromatic N) is 1. The van der Waals surface area contributed by atoms with Gasteiger partial charge in [0.1, 0.15) is 12.6 Å². The van der Waals surface area contributed by atoms with Crippen LogP contribution >= 0.6 is 0 Å². The Labute approximate surface area is 152 Å². The molecule has 2 N–H and O–H groups in total. The molecule has 0 saturated carbocycles. The Bertz CT molecular complexity index is 858. The van der Waals surface area contributed by atoms with Crippen molar-refractivity contribution < 1.29 is 19.2 Å². The molecule has 1 heterocycles. The van der Waals surface area contributed by atoms with Gasteiger partial charge in [0.05, 0.1) is 32.0 Å². The zero-order chi connectivity index (χ0) is 18.5. The fraction of sp³-hybridized carbons (Fsp3) is 0.300. The molecule has 0 radical (unpaired) electrons. The van der Waals surface area contributed by atoms with Gasteiger partial charge in [-0.2, -0.15) is 5.26 Å². The molecule has 1 aliphatic rings. The Hall–Kier alpha value is -3.04. The Kier molecular flexibility index (Phi) is 5.40. The number of benzene rings is 2. The summed E-state index contributed by atoms with van der Waals surface area (Å²) in [5.74, 6) is 0.810. The van der Waals surface area contributed by atoms with E-state index in [4.69, 9.17) is 9.47 Å². The third kappa shape index (κ3) is 3.79. The molecule has 0 fully saturated rings. The fourth-order valence-corrected chi connectivity index (χ4v) is 3.29. The lowest BCUT2D eigenvalue weighted by Crippen LogP contribution is -3.12. The van der Waals surface area contributed by atoms with E-state index >= 15 is 0 Å². The summed E-state index contributed by atoms with van der Waals surface area (Å²) in [5.41, 5.74) is 3.44. The molecule has 1 atom stereocenters. The lowest BCUT2D eigenvalue weighted by molar-refractivity contribution is -0.907. The number of ether oxygens (including phenoxy) is 2. The van der Waals surface area contributed by atoms with Crippen LogP contribution in [0.5, 0.6) is 11.5 Å². The van der Waals surface area contributed by atoms with E-state index in [2.05, 4.69) is 29.6 Å². The van der Waals surface area contributed by atoms with Crippen molar-refractivity contribution in [3.8, 4) is 17.6 Å². The number of nitriles is 1. The van der Waals surface area contributed by atoms with E-state index in [0.29, 0.717) is 29.3 Å². The number of fused-ring (bicyclic) bond motifs is 1. The standard InChI is InChI=1S/C20H21N3O3/c1-25-18-9-16(11-21)17(10-19(18)26-2)22-20(24)13-23-8-7-14-5-3-4-6-15(14)12-23/h3-6,9-10H,7-8,12-13H2,1-2H3,(H,22,24)/p+1. The average Bonchev–Trinajstić information content (AvgIpc) is 2.67. The predicted octanol–water partition coefficient (Wildman–Crippen LogP) is 1.16. The first-order valence-corrected chi connectivity index (χ1v) is 8.51. The first-order valence-electron chi connectivity index (χ1n) is 8.51. The minimum absolute atomic E-state index is 0.122. The second-order valence-electron chi connectivity index (χ2n) is 6.29. The minimum Gasteiger partial charge on any atom is -0.493 e. The van der Waals surface area contributed by atoms with E-state index in [0.717, 1.165) is 19.5 Å². The van der Waals surface area contributed by atoms with Crippen LogP contribution < -0.4 is 19.7 Å². The first-order chi connectivity index (χ1) is 12.6. The van der Waals surface area contributed by atoms with Crippen molar-refractivity contribution in [2.75, 3.05) is 32.6 Å². The summed E-state index contributed by atoms with van der Waals surface area (Å²) in [7, 11) is 3.03. The zero-order valence-corrected chi connectivity index (χ0v) is 15.0. The lowest BCUT2D eigenvalue weighted by Gasteiger charge is -2.25. The van der Waals surface area contributed by atoms with Crippen LogP contribution in [0.1, 0.15) is 16.7 Å². The maximum absolute atomic E-state index is 12.5. The normalized spacial score (nSPS) is 15.5. The van der Waals surface area contributed by atoms with E-state index < -0.39 is 0 Å². The van der Waals surface area contributed by atoms with Crippen LogP contribution in [0.4, 0.5) is 5.69 Å². The third-order valence-electron chi connectivity index (χ3n) is 4.64. The predicted molar refractivity (Wildman–Crippen MR) is 97.4 cm³/mol. The van der Waals surface area contributed by atoms with Crippen LogP contribution in [0, 0.1) is 11.3 Å². The summed E-state index contributed by atoms with van der Waals surface area (Å²) in [5, 5.41) is 12.2. The minimum atomic E-state index is -0.122. The molecule has 134 valence electrons. The molecule has 0 bridgehead atoms. The van der Waals surface area contributed by atoms with Crippen LogP contribution in [0.15, 0.2) is 36.4 Å². The first kappa shape index (κ1) is 17.8. The second-order valence-corrected chi connectivity index (χ2v) is 6.29. The molecule has 1 aliphatic heterocycles. The van der Waals surface area contributed by atoms with Gasteiger partial charge in [0, 0.05) is 24.1 Å². The Morgan fingerprint density at radius 1 is 1.19 bits per heavy atom. The molecule has 6 heteroatoms. The van der Waals surface area contributed by atoms with Gasteiger partial charge in [-0.05, 0) is 5.56 Å². The fourth-order valence-electron chi connectivity index (χ4n) is 3.29. The van der Waals surface area contributed by atoms with Crippen molar-refractivity contribution in [2.24, 2.45) is 0 Å². The van der Waals surface area contributed by atoms with E-state index in [-0.39, 0.29) is 5.91 Å². The van der Waals surface area contributed by atoms with E-state index in [1.54, 1.807) is 12.1 Å². The number of rotatable bonds is 5. The topological polar surface area (TPSA) is 75.8 Å². The van der Waals surface area contributed by atoms with Crippen molar-refractivity contribution in [2.45, 2.75) is 13.0 Å². The second kappa shape index (κ2) is 7.89. The van der Waals surface area contributed by atoms with Crippen molar-refractivity contribution >= 4 is 11.6 Å². The van der Waals surface area contributed by atoms with E-state index in [9.17, 15) is 10.1 Å². The number of hydrogen-bond donors (Lipinski definition) is 2. The SMILES string of the molecule is COc1cc(C#N)c(NC(=O)C[NH+]2CCc3ccccc3C2)cc1OC. The van der Waals surface area contributed by atoms with Crippen LogP contribution in [0.3, 0.4) is 0 Å². The molecule has 0 aliphatic carbocycles. The van der Waals surface area contributed by atoms with Crippen LogP contribution in [0.25, 0.3) is 0 Å². The number of quaternary nitrogens is 1. The van der Waals surface area contributed by atoms with Crippen LogP contribution in [-0.2, 0) is 17.8 Å². The summed E-state index contributed by atoms with van der Waals surface area (Å²) < 4.78 is 10.5. The summed E-state index contributed by atoms with van der Waals surface area (Å²) in [6.45, 7) is 2.11. The Morgan fingerprint density at radius 3 is 2.58 bits per heavy atom. The lowest BCUT2D eigenvalue weighted by atomic mass is 10.00. The van der Waals surface area contributed by atoms with Gasteiger partial charge in [-0.15, -0.1) is 0 Å². The maximum Gasteiger partial charge on any atom is 0.279 e. The molecular formula is C20H22N3O3+. The summed E-state index contributed by atoms with van der Waals surface area (Å²) in [4.78, 5) is 13.7. The largest absolute Gasteiger partial charge is 0.493 e. The Balaban J connectivity index is 1.70. The van der Waals surface area contributed by atoms with Gasteiger partial charge in [-0.1, -0.05) is 24.3 Å².